The SMILES string of the molecule is NC(C1=CCCCCC1)c1ccc(Cl)cc1Cl. The zero-order valence-corrected chi connectivity index (χ0v) is 11.3. The van der Waals surface area contributed by atoms with Gasteiger partial charge in [-0.05, 0) is 43.4 Å². The van der Waals surface area contributed by atoms with E-state index in [1.807, 2.05) is 12.1 Å². The van der Waals surface area contributed by atoms with Crippen molar-refractivity contribution in [2.24, 2.45) is 5.73 Å². The molecule has 0 saturated carbocycles. The van der Waals surface area contributed by atoms with Crippen LogP contribution >= 0.6 is 23.2 Å². The van der Waals surface area contributed by atoms with Crippen LogP contribution in [-0.4, -0.2) is 0 Å². The van der Waals surface area contributed by atoms with Gasteiger partial charge in [-0.15, -0.1) is 0 Å². The van der Waals surface area contributed by atoms with Gasteiger partial charge in [-0.25, -0.2) is 0 Å². The van der Waals surface area contributed by atoms with Crippen LogP contribution in [0.15, 0.2) is 29.8 Å². The van der Waals surface area contributed by atoms with Crippen LogP contribution in [-0.2, 0) is 0 Å². The number of nitrogens with two attached hydrogens (primary N) is 1. The van der Waals surface area contributed by atoms with E-state index in [0.717, 1.165) is 18.4 Å². The predicted molar refractivity (Wildman–Crippen MR) is 74.6 cm³/mol. The van der Waals surface area contributed by atoms with Crippen LogP contribution in [0.5, 0.6) is 0 Å². The molecule has 1 unspecified atom stereocenters. The molecule has 92 valence electrons. The molecule has 17 heavy (non-hydrogen) atoms. The quantitative estimate of drug-likeness (QED) is 0.761. The average Bonchev–Trinajstić information content (AvgIpc) is 2.56. The van der Waals surface area contributed by atoms with Gasteiger partial charge in [0, 0.05) is 10.0 Å². The molecule has 1 aliphatic carbocycles. The van der Waals surface area contributed by atoms with Crippen LogP contribution in [0.25, 0.3) is 0 Å². The Morgan fingerprint density at radius 1 is 1.12 bits per heavy atom. The van der Waals surface area contributed by atoms with E-state index >= 15 is 0 Å². The van der Waals surface area contributed by atoms with Crippen LogP contribution in [0, 0.1) is 0 Å². The first-order chi connectivity index (χ1) is 8.18. The minimum atomic E-state index is -0.0853. The van der Waals surface area contributed by atoms with E-state index in [1.54, 1.807) is 6.07 Å². The molecule has 1 aromatic carbocycles. The molecule has 3 heteroatoms. The van der Waals surface area contributed by atoms with Gasteiger partial charge in [0.25, 0.3) is 0 Å². The summed E-state index contributed by atoms with van der Waals surface area (Å²) in [5, 5.41) is 1.32. The minimum Gasteiger partial charge on any atom is -0.321 e. The Balaban J connectivity index is 2.23. The van der Waals surface area contributed by atoms with Gasteiger partial charge >= 0.3 is 0 Å². The van der Waals surface area contributed by atoms with Gasteiger partial charge in [-0.1, -0.05) is 47.3 Å². The summed E-state index contributed by atoms with van der Waals surface area (Å²) in [6, 6.07) is 5.45. The van der Waals surface area contributed by atoms with E-state index in [1.165, 1.54) is 24.8 Å². The maximum Gasteiger partial charge on any atom is 0.0525 e. The fourth-order valence-electron chi connectivity index (χ4n) is 2.28. The van der Waals surface area contributed by atoms with E-state index in [0.29, 0.717) is 10.0 Å². The van der Waals surface area contributed by atoms with Crippen molar-refractivity contribution in [3.05, 3.63) is 45.5 Å². The Kier molecular flexibility index (Phi) is 4.49. The highest BCUT2D eigenvalue weighted by Crippen LogP contribution is 2.32. The van der Waals surface area contributed by atoms with Crippen molar-refractivity contribution in [3.63, 3.8) is 0 Å². The summed E-state index contributed by atoms with van der Waals surface area (Å²) in [5.41, 5.74) is 8.58. The third-order valence-electron chi connectivity index (χ3n) is 3.27. The van der Waals surface area contributed by atoms with Crippen molar-refractivity contribution in [2.45, 2.75) is 38.1 Å². The van der Waals surface area contributed by atoms with Crippen molar-refractivity contribution < 1.29 is 0 Å². The largest absolute Gasteiger partial charge is 0.321 e. The number of hydrogen-bond donors (Lipinski definition) is 1. The lowest BCUT2D eigenvalue weighted by Gasteiger charge is -2.17. The van der Waals surface area contributed by atoms with Gasteiger partial charge in [0.2, 0.25) is 0 Å². The minimum absolute atomic E-state index is 0.0853. The van der Waals surface area contributed by atoms with Crippen LogP contribution in [0.1, 0.15) is 43.7 Å². The number of hydrogen-bond acceptors (Lipinski definition) is 1. The second-order valence-corrected chi connectivity index (χ2v) is 5.37. The lowest BCUT2D eigenvalue weighted by molar-refractivity contribution is 0.688. The van der Waals surface area contributed by atoms with Gasteiger partial charge in [-0.3, -0.25) is 0 Å². The van der Waals surface area contributed by atoms with Crippen molar-refractivity contribution in [1.82, 2.24) is 0 Å². The Bertz CT molecular complexity index is 426. The highest BCUT2D eigenvalue weighted by atomic mass is 35.5. The first-order valence-corrected chi connectivity index (χ1v) is 6.83. The van der Waals surface area contributed by atoms with Crippen molar-refractivity contribution in [1.29, 1.82) is 0 Å². The Labute approximate surface area is 113 Å². The van der Waals surface area contributed by atoms with Gasteiger partial charge < -0.3 is 5.73 Å². The summed E-state index contributed by atoms with van der Waals surface area (Å²) < 4.78 is 0. The molecular weight excluding hydrogens is 253 g/mol. The smallest absolute Gasteiger partial charge is 0.0525 e. The molecule has 0 radical (unpaired) electrons. The Morgan fingerprint density at radius 3 is 2.71 bits per heavy atom. The molecule has 2 N–H and O–H groups in total. The molecule has 0 fully saturated rings. The van der Waals surface area contributed by atoms with Gasteiger partial charge in [-0.2, -0.15) is 0 Å². The first-order valence-electron chi connectivity index (χ1n) is 6.08. The zero-order valence-electron chi connectivity index (χ0n) is 9.76. The molecule has 1 atom stereocenters. The normalized spacial score (nSPS) is 18.4. The molecule has 0 aliphatic heterocycles. The molecule has 0 saturated heterocycles. The van der Waals surface area contributed by atoms with Gasteiger partial charge in [0.15, 0.2) is 0 Å². The standard InChI is InChI=1S/C14H17Cl2N/c15-11-7-8-12(13(16)9-11)14(17)10-5-3-1-2-4-6-10/h5,7-9,14H,1-4,6,17H2. The van der Waals surface area contributed by atoms with E-state index in [-0.39, 0.29) is 6.04 Å². The molecule has 1 aliphatic rings. The van der Waals surface area contributed by atoms with E-state index in [9.17, 15) is 0 Å². The Hall–Kier alpha value is -0.500. The fraction of sp³-hybridized carbons (Fsp3) is 0.429. The third-order valence-corrected chi connectivity index (χ3v) is 3.84. The van der Waals surface area contributed by atoms with Crippen molar-refractivity contribution >= 4 is 23.2 Å². The molecule has 1 nitrogen and oxygen atoms in total. The third kappa shape index (κ3) is 3.25. The molecule has 0 aromatic heterocycles. The topological polar surface area (TPSA) is 26.0 Å². The maximum absolute atomic E-state index is 6.29. The summed E-state index contributed by atoms with van der Waals surface area (Å²) in [6.45, 7) is 0. The summed E-state index contributed by atoms with van der Waals surface area (Å²) in [4.78, 5) is 0. The van der Waals surface area contributed by atoms with Gasteiger partial charge in [0.05, 0.1) is 6.04 Å². The fourth-order valence-corrected chi connectivity index (χ4v) is 2.80. The van der Waals surface area contributed by atoms with Crippen LogP contribution < -0.4 is 5.73 Å². The molecule has 1 aromatic rings. The molecule has 0 bridgehead atoms. The van der Waals surface area contributed by atoms with Gasteiger partial charge in [0.1, 0.15) is 0 Å². The molecule has 0 amide bonds. The predicted octanol–water partition coefficient (Wildman–Crippen LogP) is 4.88. The maximum atomic E-state index is 6.29. The summed E-state index contributed by atoms with van der Waals surface area (Å²) in [7, 11) is 0. The average molecular weight is 270 g/mol. The molecule has 0 heterocycles. The first kappa shape index (κ1) is 12.9. The van der Waals surface area contributed by atoms with E-state index < -0.39 is 0 Å². The van der Waals surface area contributed by atoms with Crippen molar-refractivity contribution in [2.75, 3.05) is 0 Å². The lowest BCUT2D eigenvalue weighted by atomic mass is 9.96. The lowest BCUT2D eigenvalue weighted by Crippen LogP contribution is -2.13. The second-order valence-electron chi connectivity index (χ2n) is 4.52. The zero-order chi connectivity index (χ0) is 12.3. The second kappa shape index (κ2) is 5.90. The number of allylic oxidation sites excluding steroid dienone is 1. The highest BCUT2D eigenvalue weighted by Gasteiger charge is 2.16. The van der Waals surface area contributed by atoms with Crippen LogP contribution in [0.2, 0.25) is 10.0 Å². The summed E-state index contributed by atoms with van der Waals surface area (Å²) >= 11 is 12.1. The highest BCUT2D eigenvalue weighted by molar-refractivity contribution is 6.35. The van der Waals surface area contributed by atoms with E-state index in [2.05, 4.69) is 6.08 Å². The monoisotopic (exact) mass is 269 g/mol. The summed E-state index contributed by atoms with van der Waals surface area (Å²) in [5.74, 6) is 0. The number of benzene rings is 1. The summed E-state index contributed by atoms with van der Waals surface area (Å²) in [6.07, 6.45) is 8.29. The van der Waals surface area contributed by atoms with Crippen LogP contribution in [0.3, 0.4) is 0 Å². The Morgan fingerprint density at radius 2 is 1.94 bits per heavy atom. The molecule has 2 rings (SSSR count). The van der Waals surface area contributed by atoms with Crippen LogP contribution in [0.4, 0.5) is 0 Å². The number of rotatable bonds is 2. The van der Waals surface area contributed by atoms with E-state index in [4.69, 9.17) is 28.9 Å². The number of halogens is 2. The molecule has 0 spiro atoms. The van der Waals surface area contributed by atoms with Crippen molar-refractivity contribution in [3.8, 4) is 0 Å². The molecular formula is C14H17Cl2N.